The van der Waals surface area contributed by atoms with Crippen molar-refractivity contribution in [3.63, 3.8) is 0 Å². The van der Waals surface area contributed by atoms with Gasteiger partial charge >= 0.3 is 0 Å². The van der Waals surface area contributed by atoms with E-state index in [1.807, 2.05) is 11.8 Å². The van der Waals surface area contributed by atoms with E-state index in [0.29, 0.717) is 0 Å². The Bertz CT molecular complexity index is 79.3. The van der Waals surface area contributed by atoms with Crippen molar-refractivity contribution in [3.05, 3.63) is 0 Å². The Balaban J connectivity index is 1.76. The molecule has 1 rings (SSSR count). The standard InChI is InChI=1S/C8H16S2/c1-9-5-6-10-7-8-3-2-4-8/h8H,2-7H2,1H3. The molecule has 0 N–H and O–H groups in total. The first kappa shape index (κ1) is 8.79. The van der Waals surface area contributed by atoms with E-state index in [1.165, 1.54) is 36.5 Å². The fourth-order valence-electron chi connectivity index (χ4n) is 1.05. The highest BCUT2D eigenvalue weighted by Gasteiger charge is 2.16. The summed E-state index contributed by atoms with van der Waals surface area (Å²) < 4.78 is 0. The molecule has 60 valence electrons. The molecule has 0 amide bonds. The van der Waals surface area contributed by atoms with Gasteiger partial charge in [0.1, 0.15) is 0 Å². The molecule has 10 heavy (non-hydrogen) atoms. The molecule has 1 aliphatic rings. The van der Waals surface area contributed by atoms with Crippen LogP contribution in [0.3, 0.4) is 0 Å². The fourth-order valence-corrected chi connectivity index (χ4v) is 3.02. The summed E-state index contributed by atoms with van der Waals surface area (Å²) in [5.41, 5.74) is 0. The van der Waals surface area contributed by atoms with Crippen molar-refractivity contribution < 1.29 is 0 Å². The molecule has 0 aromatic carbocycles. The number of rotatable bonds is 5. The van der Waals surface area contributed by atoms with Crippen LogP contribution in [0.4, 0.5) is 0 Å². The lowest BCUT2D eigenvalue weighted by molar-refractivity contribution is 0.353. The maximum absolute atomic E-state index is 2.18. The van der Waals surface area contributed by atoms with Crippen LogP contribution in [0, 0.1) is 5.92 Å². The van der Waals surface area contributed by atoms with Crippen molar-refractivity contribution in [2.75, 3.05) is 23.5 Å². The molecule has 0 unspecified atom stereocenters. The van der Waals surface area contributed by atoms with E-state index in [2.05, 4.69) is 18.0 Å². The second kappa shape index (κ2) is 5.36. The van der Waals surface area contributed by atoms with E-state index >= 15 is 0 Å². The van der Waals surface area contributed by atoms with Crippen molar-refractivity contribution >= 4 is 23.5 Å². The van der Waals surface area contributed by atoms with Gasteiger partial charge in [-0.25, -0.2) is 0 Å². The molecule has 2 heteroatoms. The molecule has 1 fully saturated rings. The lowest BCUT2D eigenvalue weighted by Crippen LogP contribution is -2.13. The van der Waals surface area contributed by atoms with E-state index in [4.69, 9.17) is 0 Å². The van der Waals surface area contributed by atoms with Gasteiger partial charge in [0.2, 0.25) is 0 Å². The predicted molar refractivity (Wildman–Crippen MR) is 53.0 cm³/mol. The Morgan fingerprint density at radius 3 is 2.60 bits per heavy atom. The van der Waals surface area contributed by atoms with Gasteiger partial charge in [-0.15, -0.1) is 0 Å². The van der Waals surface area contributed by atoms with Crippen LogP contribution in [-0.4, -0.2) is 23.5 Å². The Kier molecular flexibility index (Phi) is 4.72. The summed E-state index contributed by atoms with van der Waals surface area (Å²) in [5, 5.41) is 0. The summed E-state index contributed by atoms with van der Waals surface area (Å²) in [7, 11) is 0. The van der Waals surface area contributed by atoms with Gasteiger partial charge in [0.25, 0.3) is 0 Å². The molecule has 1 saturated carbocycles. The minimum Gasteiger partial charge on any atom is -0.165 e. The number of hydrogen-bond donors (Lipinski definition) is 0. The van der Waals surface area contributed by atoms with Gasteiger partial charge in [-0.1, -0.05) is 6.42 Å². The Labute approximate surface area is 72.5 Å². The van der Waals surface area contributed by atoms with E-state index in [-0.39, 0.29) is 0 Å². The van der Waals surface area contributed by atoms with Crippen LogP contribution in [0.15, 0.2) is 0 Å². The first-order chi connectivity index (χ1) is 4.93. The SMILES string of the molecule is CSCCSCC1CCC1. The minimum absolute atomic E-state index is 1.09. The quantitative estimate of drug-likeness (QED) is 0.591. The number of hydrogen-bond acceptors (Lipinski definition) is 2. The van der Waals surface area contributed by atoms with E-state index in [1.54, 1.807) is 0 Å². The van der Waals surface area contributed by atoms with Crippen LogP contribution in [-0.2, 0) is 0 Å². The van der Waals surface area contributed by atoms with Gasteiger partial charge in [-0.3, -0.25) is 0 Å². The third kappa shape index (κ3) is 3.20. The summed E-state index contributed by atoms with van der Waals surface area (Å²) in [6, 6.07) is 0. The highest BCUT2D eigenvalue weighted by molar-refractivity contribution is 8.02. The van der Waals surface area contributed by atoms with E-state index in [0.717, 1.165) is 5.92 Å². The molecule has 0 aliphatic heterocycles. The highest BCUT2D eigenvalue weighted by Crippen LogP contribution is 2.29. The molecule has 0 nitrogen and oxygen atoms in total. The van der Waals surface area contributed by atoms with Crippen molar-refractivity contribution in [3.8, 4) is 0 Å². The van der Waals surface area contributed by atoms with Crippen molar-refractivity contribution in [2.45, 2.75) is 19.3 Å². The smallest absolute Gasteiger partial charge is 0.00235 e. The van der Waals surface area contributed by atoms with E-state index in [9.17, 15) is 0 Å². The molecule has 0 radical (unpaired) electrons. The molecule has 0 bridgehead atoms. The molecule has 0 heterocycles. The first-order valence-electron chi connectivity index (χ1n) is 4.00. The highest BCUT2D eigenvalue weighted by atomic mass is 32.2. The van der Waals surface area contributed by atoms with Crippen LogP contribution < -0.4 is 0 Å². The molecule has 0 atom stereocenters. The van der Waals surface area contributed by atoms with Crippen molar-refractivity contribution in [2.24, 2.45) is 5.92 Å². The summed E-state index contributed by atoms with van der Waals surface area (Å²) in [4.78, 5) is 0. The Morgan fingerprint density at radius 1 is 1.30 bits per heavy atom. The van der Waals surface area contributed by atoms with Gasteiger partial charge in [0.15, 0.2) is 0 Å². The zero-order valence-corrected chi connectivity index (χ0v) is 8.27. The van der Waals surface area contributed by atoms with Crippen LogP contribution >= 0.6 is 23.5 Å². The maximum atomic E-state index is 2.18. The summed E-state index contributed by atoms with van der Waals surface area (Å²) >= 11 is 4.10. The summed E-state index contributed by atoms with van der Waals surface area (Å²) in [5.74, 6) is 5.21. The maximum Gasteiger partial charge on any atom is 0.00235 e. The van der Waals surface area contributed by atoms with Crippen LogP contribution in [0.5, 0.6) is 0 Å². The molecule has 0 saturated heterocycles. The monoisotopic (exact) mass is 176 g/mol. The summed E-state index contributed by atoms with van der Waals surface area (Å²) in [6.07, 6.45) is 6.69. The molecule has 0 aromatic heterocycles. The predicted octanol–water partition coefficient (Wildman–Crippen LogP) is 2.88. The topological polar surface area (TPSA) is 0 Å². The fraction of sp³-hybridized carbons (Fsp3) is 1.00. The van der Waals surface area contributed by atoms with Crippen LogP contribution in [0.2, 0.25) is 0 Å². The Morgan fingerprint density at radius 2 is 2.10 bits per heavy atom. The molecule has 1 aliphatic carbocycles. The largest absolute Gasteiger partial charge is 0.165 e. The molecular formula is C8H16S2. The zero-order valence-electron chi connectivity index (χ0n) is 6.64. The second-order valence-electron chi connectivity index (χ2n) is 2.86. The molecule has 0 aromatic rings. The van der Waals surface area contributed by atoms with Crippen LogP contribution in [0.25, 0.3) is 0 Å². The lowest BCUT2D eigenvalue weighted by atomic mass is 9.87. The third-order valence-corrected chi connectivity index (χ3v) is 4.08. The average Bonchev–Trinajstić information content (AvgIpc) is 1.84. The molecular weight excluding hydrogens is 160 g/mol. The minimum atomic E-state index is 1.09. The van der Waals surface area contributed by atoms with Gasteiger partial charge in [-0.05, 0) is 30.8 Å². The van der Waals surface area contributed by atoms with Gasteiger partial charge in [0, 0.05) is 11.5 Å². The second-order valence-corrected chi connectivity index (χ2v) is 5.00. The van der Waals surface area contributed by atoms with Gasteiger partial charge < -0.3 is 0 Å². The molecule has 0 spiro atoms. The normalized spacial score (nSPS) is 18.9. The van der Waals surface area contributed by atoms with Crippen molar-refractivity contribution in [1.29, 1.82) is 0 Å². The van der Waals surface area contributed by atoms with Gasteiger partial charge in [-0.2, -0.15) is 23.5 Å². The lowest BCUT2D eigenvalue weighted by Gasteiger charge is -2.24. The first-order valence-corrected chi connectivity index (χ1v) is 6.55. The van der Waals surface area contributed by atoms with Crippen LogP contribution in [0.1, 0.15) is 19.3 Å². The van der Waals surface area contributed by atoms with E-state index < -0.39 is 0 Å². The van der Waals surface area contributed by atoms with Gasteiger partial charge in [0.05, 0.1) is 0 Å². The summed E-state index contributed by atoms with van der Waals surface area (Å²) in [6.45, 7) is 0. The Hall–Kier alpha value is 0.700. The van der Waals surface area contributed by atoms with Crippen molar-refractivity contribution in [1.82, 2.24) is 0 Å². The zero-order chi connectivity index (χ0) is 7.23. The number of thioether (sulfide) groups is 2. The average molecular weight is 176 g/mol. The third-order valence-electron chi connectivity index (χ3n) is 2.01.